The number of aromatic nitrogens is 3. The lowest BCUT2D eigenvalue weighted by Crippen LogP contribution is -2.33. The van der Waals surface area contributed by atoms with Crippen molar-refractivity contribution in [2.45, 2.75) is 24.8 Å². The second kappa shape index (κ2) is 6.26. The molecule has 0 unspecified atom stereocenters. The zero-order valence-electron chi connectivity index (χ0n) is 15.1. The number of methoxy groups -OCH3 is 1. The van der Waals surface area contributed by atoms with Crippen LogP contribution in [0.3, 0.4) is 0 Å². The summed E-state index contributed by atoms with van der Waals surface area (Å²) in [5, 5.41) is 17.5. The minimum absolute atomic E-state index is 0.0155. The highest BCUT2D eigenvalue weighted by atomic mass is 16.5. The number of hydrogen-bond donors (Lipinski definition) is 2. The van der Waals surface area contributed by atoms with Gasteiger partial charge in [-0.1, -0.05) is 6.07 Å². The number of nitrogens with zero attached hydrogens (tertiary/aromatic N) is 3. The molecule has 142 valence electrons. The van der Waals surface area contributed by atoms with Crippen LogP contribution in [0.4, 0.5) is 5.95 Å². The molecule has 5 rings (SSSR count). The van der Waals surface area contributed by atoms with Crippen LogP contribution < -0.4 is 10.1 Å². The van der Waals surface area contributed by atoms with Crippen molar-refractivity contribution in [2.24, 2.45) is 0 Å². The highest BCUT2D eigenvalue weighted by molar-refractivity contribution is 6.00. The summed E-state index contributed by atoms with van der Waals surface area (Å²) >= 11 is 0. The van der Waals surface area contributed by atoms with E-state index in [1.807, 2.05) is 12.1 Å². The van der Waals surface area contributed by atoms with Crippen LogP contribution in [0.5, 0.6) is 11.5 Å². The number of nitrogens with one attached hydrogen (secondary N) is 1. The summed E-state index contributed by atoms with van der Waals surface area (Å²) in [5.41, 5.74) is 2.28. The topological polar surface area (TPSA) is 102 Å². The average molecular weight is 378 g/mol. The number of aromatic hydroxyl groups is 1. The van der Waals surface area contributed by atoms with Crippen molar-refractivity contribution in [3.8, 4) is 11.5 Å². The van der Waals surface area contributed by atoms with E-state index in [2.05, 4.69) is 15.4 Å². The first-order chi connectivity index (χ1) is 13.7. The molecular weight excluding hydrogens is 360 g/mol. The van der Waals surface area contributed by atoms with Crippen LogP contribution in [0, 0.1) is 0 Å². The van der Waals surface area contributed by atoms with Gasteiger partial charge in [0, 0.05) is 23.6 Å². The van der Waals surface area contributed by atoms with E-state index in [0.29, 0.717) is 30.1 Å². The highest BCUT2D eigenvalue weighted by Gasteiger charge is 2.40. The largest absolute Gasteiger partial charge is 0.504 e. The molecule has 2 N–H and O–H groups in total. The summed E-state index contributed by atoms with van der Waals surface area (Å²) in [6.07, 6.45) is 4.09. The molecule has 8 nitrogen and oxygen atoms in total. The number of benzene rings is 1. The van der Waals surface area contributed by atoms with Gasteiger partial charge in [0.15, 0.2) is 17.3 Å². The van der Waals surface area contributed by atoms with Crippen molar-refractivity contribution in [3.05, 3.63) is 65.5 Å². The normalized spacial score (nSPS) is 21.1. The molecule has 0 saturated heterocycles. The van der Waals surface area contributed by atoms with Crippen LogP contribution in [0.15, 0.2) is 58.6 Å². The Bertz CT molecular complexity index is 1080. The monoisotopic (exact) mass is 378 g/mol. The molecule has 2 atom stereocenters. The van der Waals surface area contributed by atoms with Crippen LogP contribution in [-0.4, -0.2) is 32.8 Å². The molecule has 0 fully saturated rings. The van der Waals surface area contributed by atoms with Gasteiger partial charge in [0.1, 0.15) is 18.1 Å². The maximum Gasteiger partial charge on any atom is 0.226 e. The lowest BCUT2D eigenvalue weighted by Gasteiger charge is -2.34. The molecule has 2 aliphatic rings. The number of phenolic OH excluding ortho intramolecular Hbond substituents is 1. The third-order valence-corrected chi connectivity index (χ3v) is 5.33. The second-order valence-electron chi connectivity index (χ2n) is 6.92. The van der Waals surface area contributed by atoms with Gasteiger partial charge in [-0.15, -0.1) is 0 Å². The second-order valence-corrected chi connectivity index (χ2v) is 6.92. The van der Waals surface area contributed by atoms with Gasteiger partial charge in [0.2, 0.25) is 5.95 Å². The van der Waals surface area contributed by atoms with Crippen LogP contribution in [0.25, 0.3) is 0 Å². The number of anilines is 1. The van der Waals surface area contributed by atoms with Crippen molar-refractivity contribution in [1.82, 2.24) is 14.8 Å². The fourth-order valence-electron chi connectivity index (χ4n) is 4.05. The van der Waals surface area contributed by atoms with E-state index < -0.39 is 6.04 Å². The fraction of sp³-hybridized carbons (Fsp3) is 0.250. The SMILES string of the molecule is COc1cc([C@H]2C3=C(C[C@H](c4ccco4)CC3=O)Nc3ncnn32)ccc1O. The smallest absolute Gasteiger partial charge is 0.226 e. The molecule has 28 heavy (non-hydrogen) atoms. The first kappa shape index (κ1) is 16.6. The molecule has 1 aromatic carbocycles. The number of phenols is 1. The molecule has 1 aliphatic heterocycles. The number of rotatable bonds is 3. The molecule has 2 aromatic heterocycles. The first-order valence-electron chi connectivity index (χ1n) is 8.98. The Morgan fingerprint density at radius 3 is 3.00 bits per heavy atom. The van der Waals surface area contributed by atoms with Gasteiger partial charge in [0.05, 0.1) is 13.4 Å². The van der Waals surface area contributed by atoms with Gasteiger partial charge in [-0.2, -0.15) is 10.1 Å². The minimum atomic E-state index is -0.437. The summed E-state index contributed by atoms with van der Waals surface area (Å²) in [6, 6.07) is 8.36. The Hall–Kier alpha value is -3.55. The van der Waals surface area contributed by atoms with Gasteiger partial charge >= 0.3 is 0 Å². The summed E-state index contributed by atoms with van der Waals surface area (Å²) in [6.45, 7) is 0. The number of hydrogen-bond acceptors (Lipinski definition) is 7. The molecule has 0 spiro atoms. The highest BCUT2D eigenvalue weighted by Crippen LogP contribution is 2.44. The van der Waals surface area contributed by atoms with Gasteiger partial charge in [-0.25, -0.2) is 4.68 Å². The lowest BCUT2D eigenvalue weighted by molar-refractivity contribution is -0.117. The van der Waals surface area contributed by atoms with E-state index in [0.717, 1.165) is 17.0 Å². The fourth-order valence-corrected chi connectivity index (χ4v) is 4.05. The number of fused-ring (bicyclic) bond motifs is 1. The van der Waals surface area contributed by atoms with E-state index in [9.17, 15) is 9.90 Å². The zero-order valence-corrected chi connectivity index (χ0v) is 15.1. The summed E-state index contributed by atoms with van der Waals surface area (Å²) in [5.74, 6) is 1.78. The van der Waals surface area contributed by atoms with Crippen molar-refractivity contribution < 1.29 is 19.1 Å². The van der Waals surface area contributed by atoms with E-state index >= 15 is 0 Å². The van der Waals surface area contributed by atoms with E-state index in [-0.39, 0.29) is 17.5 Å². The Morgan fingerprint density at radius 1 is 1.32 bits per heavy atom. The quantitative estimate of drug-likeness (QED) is 0.722. The Morgan fingerprint density at radius 2 is 2.21 bits per heavy atom. The van der Waals surface area contributed by atoms with E-state index in [1.54, 1.807) is 29.1 Å². The van der Waals surface area contributed by atoms with E-state index in [4.69, 9.17) is 9.15 Å². The Kier molecular flexibility index (Phi) is 3.71. The van der Waals surface area contributed by atoms with Crippen molar-refractivity contribution in [1.29, 1.82) is 0 Å². The van der Waals surface area contributed by atoms with Crippen LogP contribution in [-0.2, 0) is 4.79 Å². The molecule has 1 aliphatic carbocycles. The van der Waals surface area contributed by atoms with Crippen molar-refractivity contribution in [3.63, 3.8) is 0 Å². The molecule has 0 saturated carbocycles. The van der Waals surface area contributed by atoms with E-state index in [1.165, 1.54) is 13.4 Å². The summed E-state index contributed by atoms with van der Waals surface area (Å²) in [7, 11) is 1.49. The maximum absolute atomic E-state index is 13.2. The maximum atomic E-state index is 13.2. The van der Waals surface area contributed by atoms with Crippen molar-refractivity contribution >= 4 is 11.7 Å². The molecule has 3 heterocycles. The Labute approximate surface area is 160 Å². The average Bonchev–Trinajstić information content (AvgIpc) is 3.38. The van der Waals surface area contributed by atoms with Crippen molar-refractivity contribution in [2.75, 3.05) is 12.4 Å². The van der Waals surface area contributed by atoms with Crippen LogP contribution in [0.1, 0.15) is 36.1 Å². The molecule has 3 aromatic rings. The molecule has 8 heteroatoms. The first-order valence-corrected chi connectivity index (χ1v) is 8.98. The molecular formula is C20H18N4O4. The van der Waals surface area contributed by atoms with Crippen LogP contribution in [0.2, 0.25) is 0 Å². The predicted molar refractivity (Wildman–Crippen MR) is 99.2 cm³/mol. The summed E-state index contributed by atoms with van der Waals surface area (Å²) < 4.78 is 12.5. The number of carbonyl (C=O) groups is 1. The standard InChI is InChI=1S/C20H18N4O4/c1-27-17-9-11(4-5-14(17)25)19-18-13(23-20-21-10-22-24(19)20)7-12(8-15(18)26)16-3-2-6-28-16/h2-6,9-10,12,19,25H,7-8H2,1H3,(H,21,22,23)/t12-,19-/m0/s1. The van der Waals surface area contributed by atoms with Gasteiger partial charge in [-0.3, -0.25) is 4.79 Å². The number of carbonyl (C=O) groups excluding carboxylic acids is 1. The van der Waals surface area contributed by atoms with Gasteiger partial charge < -0.3 is 19.6 Å². The Balaban J connectivity index is 1.63. The number of furan rings is 1. The minimum Gasteiger partial charge on any atom is -0.504 e. The lowest BCUT2D eigenvalue weighted by atomic mass is 9.79. The predicted octanol–water partition coefficient (Wildman–Crippen LogP) is 3.00. The summed E-state index contributed by atoms with van der Waals surface area (Å²) in [4.78, 5) is 17.5. The molecule has 0 bridgehead atoms. The van der Waals surface area contributed by atoms with Gasteiger partial charge in [0.25, 0.3) is 0 Å². The number of Topliss-reactive ketones (excluding diaryl/α,β-unsaturated/α-hetero) is 1. The number of ketones is 1. The third kappa shape index (κ3) is 2.49. The van der Waals surface area contributed by atoms with Gasteiger partial charge in [-0.05, 0) is 36.2 Å². The number of allylic oxidation sites excluding steroid dienone is 2. The molecule has 0 amide bonds. The zero-order chi connectivity index (χ0) is 19.3. The van der Waals surface area contributed by atoms with Crippen LogP contribution >= 0.6 is 0 Å². The number of ether oxygens (including phenoxy) is 1. The molecule has 0 radical (unpaired) electrons. The third-order valence-electron chi connectivity index (χ3n) is 5.33.